The maximum absolute atomic E-state index is 13.0. The molecule has 0 fully saturated rings. The second-order valence-corrected chi connectivity index (χ2v) is 4.12. The van der Waals surface area contributed by atoms with Crippen LogP contribution in [0.2, 0.25) is 0 Å². The van der Waals surface area contributed by atoms with Crippen molar-refractivity contribution in [2.24, 2.45) is 0 Å². The van der Waals surface area contributed by atoms with Crippen molar-refractivity contribution in [3.63, 3.8) is 0 Å². The number of alkyl halides is 1. The summed E-state index contributed by atoms with van der Waals surface area (Å²) in [4.78, 5) is 8.63. The van der Waals surface area contributed by atoms with E-state index in [2.05, 4.69) is 9.97 Å². The number of hydrogen-bond acceptors (Lipinski definition) is 2. The molecule has 0 N–H and O–H groups in total. The number of aromatic nitrogens is 2. The molecule has 0 spiro atoms. The van der Waals surface area contributed by atoms with Crippen LogP contribution in [-0.4, -0.2) is 9.97 Å². The van der Waals surface area contributed by atoms with Gasteiger partial charge in [0, 0.05) is 12.1 Å². The number of hydrogen-bond donors (Lipinski definition) is 0. The van der Waals surface area contributed by atoms with Crippen molar-refractivity contribution in [2.45, 2.75) is 19.2 Å². The van der Waals surface area contributed by atoms with Crippen LogP contribution >= 0.6 is 11.6 Å². The Morgan fingerprint density at radius 1 is 1.24 bits per heavy atom. The number of nitrogens with zero attached hydrogens (tertiary/aromatic N) is 2. The molecule has 0 atom stereocenters. The van der Waals surface area contributed by atoms with Crippen LogP contribution in [0.4, 0.5) is 4.39 Å². The van der Waals surface area contributed by atoms with Crippen LogP contribution in [0.1, 0.15) is 22.8 Å². The summed E-state index contributed by atoms with van der Waals surface area (Å²) >= 11 is 5.75. The first-order valence-corrected chi connectivity index (χ1v) is 5.84. The Hall–Kier alpha value is -1.48. The third kappa shape index (κ3) is 3.24. The minimum atomic E-state index is -0.243. The molecule has 0 saturated heterocycles. The zero-order valence-electron chi connectivity index (χ0n) is 9.45. The van der Waals surface area contributed by atoms with Crippen LogP contribution in [0, 0.1) is 12.7 Å². The van der Waals surface area contributed by atoms with Crippen molar-refractivity contribution in [3.8, 4) is 0 Å². The molecule has 1 aromatic heterocycles. The zero-order chi connectivity index (χ0) is 12.3. The molecule has 1 aromatic carbocycles. The predicted octanol–water partition coefficient (Wildman–Crippen LogP) is 3.25. The summed E-state index contributed by atoms with van der Waals surface area (Å²) in [5.41, 5.74) is 2.53. The fraction of sp³-hybridized carbons (Fsp3) is 0.231. The first-order chi connectivity index (χ1) is 8.17. The van der Waals surface area contributed by atoms with Gasteiger partial charge in [0.15, 0.2) is 0 Å². The van der Waals surface area contributed by atoms with Gasteiger partial charge in [0.25, 0.3) is 0 Å². The van der Waals surface area contributed by atoms with E-state index in [-0.39, 0.29) is 5.82 Å². The Kier molecular flexibility index (Phi) is 3.69. The van der Waals surface area contributed by atoms with Crippen LogP contribution in [0.3, 0.4) is 0 Å². The average molecular weight is 251 g/mol. The van der Waals surface area contributed by atoms with E-state index >= 15 is 0 Å². The molecule has 0 saturated carbocycles. The van der Waals surface area contributed by atoms with Crippen LogP contribution in [0.15, 0.2) is 30.3 Å². The van der Waals surface area contributed by atoms with Crippen molar-refractivity contribution in [1.82, 2.24) is 9.97 Å². The van der Waals surface area contributed by atoms with Crippen LogP contribution in [0.5, 0.6) is 0 Å². The summed E-state index contributed by atoms with van der Waals surface area (Å²) in [5.74, 6) is 0.790. The maximum Gasteiger partial charge on any atom is 0.133 e. The van der Waals surface area contributed by atoms with E-state index in [0.717, 1.165) is 17.0 Å². The highest BCUT2D eigenvalue weighted by Gasteiger charge is 2.04. The number of halogens is 2. The molecule has 0 aliphatic heterocycles. The molecular weight excluding hydrogens is 239 g/mol. The quantitative estimate of drug-likeness (QED) is 0.782. The predicted molar refractivity (Wildman–Crippen MR) is 65.5 cm³/mol. The summed E-state index contributed by atoms with van der Waals surface area (Å²) in [6, 6.07) is 8.30. The smallest absolute Gasteiger partial charge is 0.133 e. The van der Waals surface area contributed by atoms with E-state index < -0.39 is 0 Å². The first kappa shape index (κ1) is 12.0. The van der Waals surface area contributed by atoms with E-state index in [1.165, 1.54) is 12.1 Å². The first-order valence-electron chi connectivity index (χ1n) is 5.31. The lowest BCUT2D eigenvalue weighted by molar-refractivity contribution is 0.625. The lowest BCUT2D eigenvalue weighted by Gasteiger charge is -2.04. The molecule has 0 unspecified atom stereocenters. The minimum Gasteiger partial charge on any atom is -0.238 e. The van der Waals surface area contributed by atoms with Gasteiger partial charge in [0.1, 0.15) is 11.6 Å². The number of aryl methyl sites for hydroxylation is 1. The van der Waals surface area contributed by atoms with Gasteiger partial charge in [-0.15, -0.1) is 11.6 Å². The van der Waals surface area contributed by atoms with Gasteiger partial charge in [0.2, 0.25) is 0 Å². The van der Waals surface area contributed by atoms with Gasteiger partial charge in [-0.1, -0.05) is 12.1 Å². The minimum absolute atomic E-state index is 0.243. The van der Waals surface area contributed by atoms with Crippen molar-refractivity contribution in [2.75, 3.05) is 0 Å². The van der Waals surface area contributed by atoms with E-state index in [9.17, 15) is 4.39 Å². The molecule has 2 aromatic rings. The molecule has 17 heavy (non-hydrogen) atoms. The van der Waals surface area contributed by atoms with Crippen LogP contribution in [-0.2, 0) is 12.3 Å². The van der Waals surface area contributed by atoms with Crippen LogP contribution in [0.25, 0.3) is 0 Å². The highest BCUT2D eigenvalue weighted by atomic mass is 35.5. The van der Waals surface area contributed by atoms with E-state index in [1.807, 2.05) is 19.1 Å². The van der Waals surface area contributed by atoms with Gasteiger partial charge in [-0.25, -0.2) is 14.4 Å². The third-order valence-electron chi connectivity index (χ3n) is 2.34. The Bertz CT molecular complexity index is 529. The van der Waals surface area contributed by atoms with Gasteiger partial charge < -0.3 is 0 Å². The highest BCUT2D eigenvalue weighted by Crippen LogP contribution is 2.10. The molecule has 0 aliphatic carbocycles. The lowest BCUT2D eigenvalue weighted by atomic mass is 10.1. The molecule has 0 radical (unpaired) electrons. The van der Waals surface area contributed by atoms with Gasteiger partial charge in [-0.2, -0.15) is 0 Å². The normalized spacial score (nSPS) is 10.5. The van der Waals surface area contributed by atoms with Crippen molar-refractivity contribution >= 4 is 11.6 Å². The van der Waals surface area contributed by atoms with Gasteiger partial charge in [-0.05, 0) is 30.7 Å². The molecule has 0 bridgehead atoms. The van der Waals surface area contributed by atoms with E-state index in [1.54, 1.807) is 6.07 Å². The largest absolute Gasteiger partial charge is 0.238 e. The van der Waals surface area contributed by atoms with E-state index in [0.29, 0.717) is 18.1 Å². The monoisotopic (exact) mass is 250 g/mol. The molecule has 4 heteroatoms. The second-order valence-electron chi connectivity index (χ2n) is 3.86. The van der Waals surface area contributed by atoms with Gasteiger partial charge in [-0.3, -0.25) is 0 Å². The summed E-state index contributed by atoms with van der Waals surface area (Å²) < 4.78 is 13.0. The molecule has 1 heterocycles. The van der Waals surface area contributed by atoms with E-state index in [4.69, 9.17) is 11.6 Å². The highest BCUT2D eigenvalue weighted by molar-refractivity contribution is 6.16. The summed E-state index contributed by atoms with van der Waals surface area (Å²) in [5, 5.41) is 0. The Balaban J connectivity index is 2.26. The van der Waals surface area contributed by atoms with Gasteiger partial charge >= 0.3 is 0 Å². The van der Waals surface area contributed by atoms with Gasteiger partial charge in [0.05, 0.1) is 11.6 Å². The zero-order valence-corrected chi connectivity index (χ0v) is 10.2. The van der Waals surface area contributed by atoms with Crippen molar-refractivity contribution in [3.05, 3.63) is 58.9 Å². The van der Waals surface area contributed by atoms with Crippen molar-refractivity contribution < 1.29 is 4.39 Å². The van der Waals surface area contributed by atoms with Crippen LogP contribution < -0.4 is 0 Å². The summed E-state index contributed by atoms with van der Waals surface area (Å²) in [6.45, 7) is 1.90. The maximum atomic E-state index is 13.0. The fourth-order valence-corrected chi connectivity index (χ4v) is 1.81. The molecule has 88 valence electrons. The molecule has 2 rings (SSSR count). The number of rotatable bonds is 3. The summed E-state index contributed by atoms with van der Waals surface area (Å²) in [7, 11) is 0. The molecular formula is C13H12ClFN2. The number of benzene rings is 1. The Morgan fingerprint density at radius 3 is 2.76 bits per heavy atom. The molecule has 2 nitrogen and oxygen atoms in total. The fourth-order valence-electron chi connectivity index (χ4n) is 1.68. The second kappa shape index (κ2) is 5.23. The third-order valence-corrected chi connectivity index (χ3v) is 2.62. The molecule has 0 aliphatic rings. The SMILES string of the molecule is Cc1cc(CCl)nc(Cc2cccc(F)c2)n1. The topological polar surface area (TPSA) is 25.8 Å². The standard InChI is InChI=1S/C13H12ClFN2/c1-9-5-12(8-14)17-13(16-9)7-10-3-2-4-11(15)6-10/h2-6H,7-8H2,1H3. The lowest BCUT2D eigenvalue weighted by Crippen LogP contribution is -2.01. The Morgan fingerprint density at radius 2 is 2.06 bits per heavy atom. The van der Waals surface area contributed by atoms with Crippen molar-refractivity contribution in [1.29, 1.82) is 0 Å². The average Bonchev–Trinajstić information content (AvgIpc) is 2.28. The Labute approximate surface area is 104 Å². The molecule has 0 amide bonds. The summed E-state index contributed by atoms with van der Waals surface area (Å²) in [6.07, 6.45) is 0.517.